The molecule has 0 amide bonds. The van der Waals surface area contributed by atoms with Crippen molar-refractivity contribution >= 4 is 22.9 Å². The number of piperazine rings is 1. The molecule has 8 rings (SSSR count). The lowest BCUT2D eigenvalue weighted by Crippen LogP contribution is -2.43. The third-order valence-corrected chi connectivity index (χ3v) is 11.5. The van der Waals surface area contributed by atoms with Gasteiger partial charge in [-0.05, 0) is 71.8 Å². The summed E-state index contributed by atoms with van der Waals surface area (Å²) in [5, 5.41) is 24.7. The molecule has 10 nitrogen and oxygen atoms in total. The van der Waals surface area contributed by atoms with Crippen LogP contribution in [-0.4, -0.2) is 67.8 Å². The van der Waals surface area contributed by atoms with Gasteiger partial charge in [0.1, 0.15) is 28.3 Å². The van der Waals surface area contributed by atoms with Crippen LogP contribution in [0.4, 0.5) is 5.82 Å². The van der Waals surface area contributed by atoms with Crippen LogP contribution in [0.1, 0.15) is 41.3 Å². The number of aliphatic hydroxyl groups is 1. The Bertz CT molecular complexity index is 2680. The number of fused-ring (bicyclic) bond motifs is 1. The van der Waals surface area contributed by atoms with Gasteiger partial charge in [-0.1, -0.05) is 104 Å². The summed E-state index contributed by atoms with van der Waals surface area (Å²) < 4.78 is 26.1. The highest BCUT2D eigenvalue weighted by atomic mass is 16.5. The van der Waals surface area contributed by atoms with Crippen LogP contribution in [0.15, 0.2) is 137 Å². The van der Waals surface area contributed by atoms with Gasteiger partial charge in [0.05, 0.1) is 26.4 Å². The summed E-state index contributed by atoms with van der Waals surface area (Å²) in [6, 6.07) is 38.8. The van der Waals surface area contributed by atoms with Crippen LogP contribution < -0.4 is 29.9 Å². The van der Waals surface area contributed by atoms with E-state index in [9.17, 15) is 15.0 Å². The number of aromatic nitrogens is 1. The normalized spacial score (nSPS) is 13.4. The maximum Gasteiger partial charge on any atom is 0.204 e. The molecule has 63 heavy (non-hydrogen) atoms. The first-order valence-electron chi connectivity index (χ1n) is 21.9. The van der Waals surface area contributed by atoms with Gasteiger partial charge in [0, 0.05) is 67.5 Å². The highest BCUT2D eigenvalue weighted by Crippen LogP contribution is 2.47. The first-order chi connectivity index (χ1) is 30.9. The molecule has 1 aliphatic heterocycles. The number of benzene rings is 5. The molecule has 5 aromatic carbocycles. The number of methoxy groups -OCH3 is 1. The van der Waals surface area contributed by atoms with E-state index in [-0.39, 0.29) is 35.3 Å². The Hall–Kier alpha value is -6.75. The Labute approximate surface area is 368 Å². The molecular formula is C53H55N3O7. The lowest BCUT2D eigenvalue weighted by molar-refractivity contribution is 0.176. The molecule has 2 aromatic heterocycles. The third kappa shape index (κ3) is 10.3. The van der Waals surface area contributed by atoms with Crippen molar-refractivity contribution in [3.8, 4) is 45.4 Å². The second-order valence-corrected chi connectivity index (χ2v) is 15.8. The highest BCUT2D eigenvalue weighted by Gasteiger charge is 2.28. The molecule has 0 unspecified atom stereocenters. The average molecular weight is 846 g/mol. The molecule has 0 spiro atoms. The maximum atomic E-state index is 14.5. The van der Waals surface area contributed by atoms with E-state index < -0.39 is 6.10 Å². The molecule has 0 saturated carbocycles. The van der Waals surface area contributed by atoms with Crippen molar-refractivity contribution in [3.63, 3.8) is 0 Å². The van der Waals surface area contributed by atoms with Crippen LogP contribution in [0.25, 0.3) is 39.5 Å². The number of anilines is 1. The van der Waals surface area contributed by atoms with Crippen LogP contribution in [0.3, 0.4) is 0 Å². The number of aryl methyl sites for hydroxylation is 3. The maximum absolute atomic E-state index is 14.5. The van der Waals surface area contributed by atoms with Gasteiger partial charge in [-0.15, -0.1) is 0 Å². The molecule has 0 bridgehead atoms. The largest absolute Gasteiger partial charge is 0.508 e. The first kappa shape index (κ1) is 42.9. The fraction of sp³-hybridized carbons (Fsp3) is 0.264. The SMILES string of the molecule is CCc1cc(-c2cccc(CCc3c(OCCc4ccccc4)c(OC)c(OCC[C@@H](O)/C=C/c4ccccc4)c4c(=O)cc(-c5ccc(O)cc5)oc34)c2)c(N2CCNCC2)[nH]1. The number of aliphatic hydroxyl groups excluding tert-OH is 1. The molecular weight excluding hydrogens is 791 g/mol. The van der Waals surface area contributed by atoms with Crippen LogP contribution >= 0.6 is 0 Å². The zero-order valence-corrected chi connectivity index (χ0v) is 35.9. The Balaban J connectivity index is 1.19. The van der Waals surface area contributed by atoms with Crippen LogP contribution in [0, 0.1) is 0 Å². The molecule has 1 fully saturated rings. The van der Waals surface area contributed by atoms with E-state index >= 15 is 0 Å². The van der Waals surface area contributed by atoms with Crippen molar-refractivity contribution in [1.29, 1.82) is 0 Å². The van der Waals surface area contributed by atoms with Gasteiger partial charge >= 0.3 is 0 Å². The number of H-pyrrole nitrogens is 1. The van der Waals surface area contributed by atoms with Crippen molar-refractivity contribution in [1.82, 2.24) is 10.3 Å². The van der Waals surface area contributed by atoms with E-state index in [4.69, 9.17) is 18.6 Å². The number of aromatic hydroxyl groups is 1. The molecule has 4 N–H and O–H groups in total. The Morgan fingerprint density at radius 2 is 1.51 bits per heavy atom. The number of hydrogen-bond acceptors (Lipinski definition) is 9. The fourth-order valence-electron chi connectivity index (χ4n) is 8.14. The van der Waals surface area contributed by atoms with Crippen LogP contribution in [0.5, 0.6) is 23.0 Å². The van der Waals surface area contributed by atoms with Gasteiger partial charge in [0.15, 0.2) is 16.9 Å². The van der Waals surface area contributed by atoms with Gasteiger partial charge < -0.3 is 44.0 Å². The van der Waals surface area contributed by atoms with Gasteiger partial charge in [-0.2, -0.15) is 0 Å². The number of aromatic amines is 1. The molecule has 0 aliphatic carbocycles. The summed E-state index contributed by atoms with van der Waals surface area (Å²) in [7, 11) is 1.55. The molecule has 0 radical (unpaired) electrons. The molecule has 10 heteroatoms. The van der Waals surface area contributed by atoms with E-state index in [1.807, 2.05) is 54.6 Å². The predicted molar refractivity (Wildman–Crippen MR) is 251 cm³/mol. The molecule has 7 aromatic rings. The molecule has 1 atom stereocenters. The molecule has 1 aliphatic rings. The van der Waals surface area contributed by atoms with E-state index in [0.29, 0.717) is 59.8 Å². The predicted octanol–water partition coefficient (Wildman–Crippen LogP) is 9.39. The minimum absolute atomic E-state index is 0.0787. The van der Waals surface area contributed by atoms with Gasteiger partial charge in [0.25, 0.3) is 0 Å². The summed E-state index contributed by atoms with van der Waals surface area (Å²) in [6.45, 7) is 6.31. The summed E-state index contributed by atoms with van der Waals surface area (Å²) in [5.74, 6) is 2.50. The minimum atomic E-state index is -0.802. The topological polar surface area (TPSA) is 129 Å². The monoisotopic (exact) mass is 845 g/mol. The number of nitrogens with one attached hydrogen (secondary N) is 2. The molecule has 1 saturated heterocycles. The third-order valence-electron chi connectivity index (χ3n) is 11.5. The van der Waals surface area contributed by atoms with Crippen molar-refractivity contribution in [3.05, 3.63) is 166 Å². The number of nitrogens with zero attached hydrogens (tertiary/aromatic N) is 1. The Morgan fingerprint density at radius 1 is 0.778 bits per heavy atom. The van der Waals surface area contributed by atoms with Crippen molar-refractivity contribution in [2.75, 3.05) is 51.4 Å². The van der Waals surface area contributed by atoms with Crippen molar-refractivity contribution < 1.29 is 28.8 Å². The first-order valence-corrected chi connectivity index (χ1v) is 21.9. The van der Waals surface area contributed by atoms with Gasteiger partial charge in [0.2, 0.25) is 5.75 Å². The smallest absolute Gasteiger partial charge is 0.204 e. The van der Waals surface area contributed by atoms with Gasteiger partial charge in [-0.3, -0.25) is 4.79 Å². The summed E-state index contributed by atoms with van der Waals surface area (Å²) >= 11 is 0. The zero-order chi connectivity index (χ0) is 43.5. The van der Waals surface area contributed by atoms with Gasteiger partial charge in [-0.25, -0.2) is 0 Å². The summed E-state index contributed by atoms with van der Waals surface area (Å²) in [5.41, 5.74) is 8.00. The average Bonchev–Trinajstić information content (AvgIpc) is 3.77. The second-order valence-electron chi connectivity index (χ2n) is 15.8. The number of hydrogen-bond donors (Lipinski definition) is 4. The number of phenols is 1. The number of phenolic OH excluding ortho intramolecular Hbond substituents is 1. The Morgan fingerprint density at radius 3 is 2.25 bits per heavy atom. The quantitative estimate of drug-likeness (QED) is 0.0668. The molecule has 324 valence electrons. The summed E-state index contributed by atoms with van der Waals surface area (Å²) in [4.78, 5) is 20.6. The Kier molecular flexibility index (Phi) is 13.9. The fourth-order valence-corrected chi connectivity index (χ4v) is 8.14. The van der Waals surface area contributed by atoms with Crippen molar-refractivity contribution in [2.45, 2.75) is 45.1 Å². The standard InChI is InChI=1S/C53H55N3O7/c1-3-41-34-45(53(55-41)56-29-27-54-28-30-56)40-16-10-15-38(33-40)18-24-44-49-48(46(59)35-47(63-49)39-19-22-42(57)23-20-39)51(62-32-26-43(58)21-17-36-11-6-4-7-12-36)52(60-2)50(44)61-31-25-37-13-8-5-9-14-37/h4-17,19-23,33-35,43,54-55,57-58H,3,18,24-32H2,1-2H3/b21-17+/t43-/m0/s1. The van der Waals surface area contributed by atoms with E-state index in [1.54, 1.807) is 37.5 Å². The minimum Gasteiger partial charge on any atom is -0.508 e. The van der Waals surface area contributed by atoms with E-state index in [2.05, 4.69) is 64.6 Å². The number of ether oxygens (including phenoxy) is 3. The lowest BCUT2D eigenvalue weighted by Gasteiger charge is -2.29. The lowest BCUT2D eigenvalue weighted by atomic mass is 9.97. The second kappa shape index (κ2) is 20.4. The highest BCUT2D eigenvalue weighted by molar-refractivity contribution is 5.93. The summed E-state index contributed by atoms with van der Waals surface area (Å²) in [6.07, 6.45) is 5.63. The van der Waals surface area contributed by atoms with Crippen LogP contribution in [0.2, 0.25) is 0 Å². The number of rotatable bonds is 18. The van der Waals surface area contributed by atoms with E-state index in [0.717, 1.165) is 60.7 Å². The van der Waals surface area contributed by atoms with Crippen molar-refractivity contribution in [2.24, 2.45) is 0 Å². The van der Waals surface area contributed by atoms with Crippen LogP contribution in [-0.2, 0) is 25.7 Å². The zero-order valence-electron chi connectivity index (χ0n) is 35.9. The van der Waals surface area contributed by atoms with E-state index in [1.165, 1.54) is 17.3 Å². The molecule has 3 heterocycles.